The van der Waals surface area contributed by atoms with Crippen molar-refractivity contribution in [3.05, 3.63) is 35.9 Å². The van der Waals surface area contributed by atoms with Crippen molar-refractivity contribution in [2.24, 2.45) is 0 Å². The molecule has 2 heterocycles. The molecule has 2 heteroatoms. The molecule has 0 amide bonds. The maximum atomic E-state index is 4.39. The number of fused-ring (bicyclic) bond motifs is 1. The van der Waals surface area contributed by atoms with E-state index >= 15 is 0 Å². The van der Waals surface area contributed by atoms with Crippen LogP contribution in [0.5, 0.6) is 0 Å². The van der Waals surface area contributed by atoms with Crippen LogP contribution in [0, 0.1) is 0 Å². The molecule has 72 valence electrons. The Bertz CT molecular complexity index is 449. The van der Waals surface area contributed by atoms with Crippen molar-refractivity contribution in [3.8, 4) is 0 Å². The number of pyridine rings is 2. The number of hydrogen-bond acceptors (Lipinski definition) is 2. The molecule has 0 bridgehead atoms. The second-order valence-corrected chi connectivity index (χ2v) is 3.36. The van der Waals surface area contributed by atoms with Gasteiger partial charge in [-0.1, -0.05) is 13.8 Å². The number of aryl methyl sites for hydroxylation is 2. The Morgan fingerprint density at radius 2 is 2.00 bits per heavy atom. The van der Waals surface area contributed by atoms with E-state index < -0.39 is 0 Å². The van der Waals surface area contributed by atoms with Gasteiger partial charge in [0.25, 0.3) is 0 Å². The van der Waals surface area contributed by atoms with E-state index in [1.54, 1.807) is 0 Å². The summed E-state index contributed by atoms with van der Waals surface area (Å²) in [7, 11) is 0. The molecule has 0 fully saturated rings. The fourth-order valence-electron chi connectivity index (χ4n) is 1.65. The van der Waals surface area contributed by atoms with Crippen molar-refractivity contribution in [3.63, 3.8) is 0 Å². The van der Waals surface area contributed by atoms with E-state index in [4.69, 9.17) is 0 Å². The molecule has 0 aliphatic heterocycles. The van der Waals surface area contributed by atoms with E-state index in [1.807, 2.05) is 12.4 Å². The predicted molar refractivity (Wildman–Crippen MR) is 58.3 cm³/mol. The van der Waals surface area contributed by atoms with Gasteiger partial charge in [-0.25, -0.2) is 0 Å². The monoisotopic (exact) mass is 186 g/mol. The average Bonchev–Trinajstić information content (AvgIpc) is 2.27. The fourth-order valence-corrected chi connectivity index (χ4v) is 1.65. The summed E-state index contributed by atoms with van der Waals surface area (Å²) in [6.45, 7) is 4.24. The van der Waals surface area contributed by atoms with Crippen LogP contribution < -0.4 is 0 Å². The Morgan fingerprint density at radius 3 is 2.71 bits per heavy atom. The molecule has 0 aromatic carbocycles. The summed E-state index contributed by atoms with van der Waals surface area (Å²) in [5.74, 6) is 0. The maximum Gasteiger partial charge on any atom is 0.0494 e. The molecule has 0 saturated carbocycles. The first-order chi connectivity index (χ1) is 6.85. The second-order valence-electron chi connectivity index (χ2n) is 3.36. The molecule has 2 nitrogen and oxygen atoms in total. The van der Waals surface area contributed by atoms with Gasteiger partial charge in [0.1, 0.15) is 0 Å². The molecule has 0 spiro atoms. The Labute approximate surface area is 84.0 Å². The summed E-state index contributed by atoms with van der Waals surface area (Å²) in [4.78, 5) is 8.73. The third-order valence-electron chi connectivity index (χ3n) is 2.49. The molecular weight excluding hydrogens is 172 g/mol. The highest BCUT2D eigenvalue weighted by Crippen LogP contribution is 2.17. The van der Waals surface area contributed by atoms with Crippen molar-refractivity contribution in [2.75, 3.05) is 0 Å². The minimum Gasteiger partial charge on any atom is -0.261 e. The van der Waals surface area contributed by atoms with Crippen LogP contribution in [-0.2, 0) is 12.8 Å². The topological polar surface area (TPSA) is 25.8 Å². The normalized spacial score (nSPS) is 10.7. The first-order valence-electron chi connectivity index (χ1n) is 5.07. The quantitative estimate of drug-likeness (QED) is 0.720. The van der Waals surface area contributed by atoms with Crippen LogP contribution in [0.2, 0.25) is 0 Å². The van der Waals surface area contributed by atoms with Gasteiger partial charge in [0, 0.05) is 29.2 Å². The van der Waals surface area contributed by atoms with E-state index in [1.165, 1.54) is 10.8 Å². The summed E-state index contributed by atoms with van der Waals surface area (Å²) in [6.07, 6.45) is 5.77. The van der Waals surface area contributed by atoms with Gasteiger partial charge in [-0.3, -0.25) is 9.97 Å². The zero-order chi connectivity index (χ0) is 9.97. The van der Waals surface area contributed by atoms with Gasteiger partial charge in [0.15, 0.2) is 0 Å². The highest BCUT2D eigenvalue weighted by Gasteiger charge is 2.01. The Morgan fingerprint density at radius 1 is 1.14 bits per heavy atom. The molecule has 0 aliphatic carbocycles. The van der Waals surface area contributed by atoms with Gasteiger partial charge in [-0.15, -0.1) is 0 Å². The molecule has 0 atom stereocenters. The predicted octanol–water partition coefficient (Wildman–Crippen LogP) is 2.75. The van der Waals surface area contributed by atoms with Gasteiger partial charge in [-0.2, -0.15) is 0 Å². The third kappa shape index (κ3) is 1.48. The lowest BCUT2D eigenvalue weighted by atomic mass is 10.1. The van der Waals surface area contributed by atoms with Crippen LogP contribution in [-0.4, -0.2) is 9.97 Å². The zero-order valence-corrected chi connectivity index (χ0v) is 8.62. The highest BCUT2D eigenvalue weighted by molar-refractivity contribution is 5.83. The minimum absolute atomic E-state index is 0.963. The first kappa shape index (κ1) is 9.13. The molecule has 2 rings (SSSR count). The Balaban J connectivity index is 2.67. The molecule has 2 aromatic rings. The molecule has 0 saturated heterocycles. The van der Waals surface area contributed by atoms with Gasteiger partial charge in [0.05, 0.1) is 0 Å². The lowest BCUT2D eigenvalue weighted by Crippen LogP contribution is -1.92. The molecule has 0 radical (unpaired) electrons. The SMILES string of the molecule is CCc1cc2ccnc(CC)c2cn1. The number of rotatable bonds is 2. The minimum atomic E-state index is 0.963. The highest BCUT2D eigenvalue weighted by atomic mass is 14.7. The number of aromatic nitrogens is 2. The smallest absolute Gasteiger partial charge is 0.0494 e. The van der Waals surface area contributed by atoms with Crippen molar-refractivity contribution in [1.82, 2.24) is 9.97 Å². The van der Waals surface area contributed by atoms with E-state index in [2.05, 4.69) is 35.9 Å². The summed E-state index contributed by atoms with van der Waals surface area (Å²) < 4.78 is 0. The largest absolute Gasteiger partial charge is 0.261 e. The molecule has 2 aromatic heterocycles. The van der Waals surface area contributed by atoms with Crippen molar-refractivity contribution < 1.29 is 0 Å². The average molecular weight is 186 g/mol. The van der Waals surface area contributed by atoms with E-state index in [0.29, 0.717) is 0 Å². The van der Waals surface area contributed by atoms with E-state index in [0.717, 1.165) is 24.2 Å². The third-order valence-corrected chi connectivity index (χ3v) is 2.49. The van der Waals surface area contributed by atoms with Crippen LogP contribution in [0.15, 0.2) is 24.5 Å². The summed E-state index contributed by atoms with van der Waals surface area (Å²) in [5.41, 5.74) is 2.28. The van der Waals surface area contributed by atoms with Crippen LogP contribution in [0.3, 0.4) is 0 Å². The van der Waals surface area contributed by atoms with Crippen LogP contribution in [0.1, 0.15) is 25.2 Å². The summed E-state index contributed by atoms with van der Waals surface area (Å²) in [5, 5.41) is 2.44. The lowest BCUT2D eigenvalue weighted by Gasteiger charge is -2.03. The fraction of sp³-hybridized carbons (Fsp3) is 0.333. The molecular formula is C12H14N2. The van der Waals surface area contributed by atoms with Crippen molar-refractivity contribution >= 4 is 10.8 Å². The maximum absolute atomic E-state index is 4.39. The molecule has 0 aliphatic rings. The second kappa shape index (κ2) is 3.74. The van der Waals surface area contributed by atoms with Gasteiger partial charge < -0.3 is 0 Å². The van der Waals surface area contributed by atoms with Crippen LogP contribution in [0.4, 0.5) is 0 Å². The Kier molecular flexibility index (Phi) is 2.44. The lowest BCUT2D eigenvalue weighted by molar-refractivity contribution is 1.03. The van der Waals surface area contributed by atoms with Crippen molar-refractivity contribution in [1.29, 1.82) is 0 Å². The molecule has 0 N–H and O–H groups in total. The van der Waals surface area contributed by atoms with Gasteiger partial charge >= 0.3 is 0 Å². The Hall–Kier alpha value is -1.44. The van der Waals surface area contributed by atoms with Gasteiger partial charge in [0.2, 0.25) is 0 Å². The van der Waals surface area contributed by atoms with E-state index in [-0.39, 0.29) is 0 Å². The van der Waals surface area contributed by atoms with Crippen LogP contribution >= 0.6 is 0 Å². The standard InChI is InChI=1S/C12H14N2/c1-3-10-7-9-5-6-13-12(4-2)11(9)8-14-10/h5-8H,3-4H2,1-2H3. The number of hydrogen-bond donors (Lipinski definition) is 0. The first-order valence-corrected chi connectivity index (χ1v) is 5.07. The number of nitrogens with zero attached hydrogens (tertiary/aromatic N) is 2. The molecule has 14 heavy (non-hydrogen) atoms. The van der Waals surface area contributed by atoms with E-state index in [9.17, 15) is 0 Å². The molecule has 0 unspecified atom stereocenters. The summed E-state index contributed by atoms with van der Waals surface area (Å²) in [6, 6.07) is 4.20. The zero-order valence-electron chi connectivity index (χ0n) is 8.62. The van der Waals surface area contributed by atoms with Crippen molar-refractivity contribution in [2.45, 2.75) is 26.7 Å². The van der Waals surface area contributed by atoms with Gasteiger partial charge in [-0.05, 0) is 30.4 Å². The van der Waals surface area contributed by atoms with Crippen LogP contribution in [0.25, 0.3) is 10.8 Å². The summed E-state index contributed by atoms with van der Waals surface area (Å²) >= 11 is 0.